The van der Waals surface area contributed by atoms with E-state index in [0.29, 0.717) is 6.04 Å². The van der Waals surface area contributed by atoms with Crippen molar-refractivity contribution in [1.82, 2.24) is 5.32 Å². The first kappa shape index (κ1) is 13.0. The Morgan fingerprint density at radius 1 is 1.31 bits per heavy atom. The first-order valence-electron chi connectivity index (χ1n) is 6.10. The maximum Gasteiger partial charge on any atom is 0.0398 e. The zero-order valence-corrected chi connectivity index (χ0v) is 11.2. The minimum absolute atomic E-state index is 0.554. The lowest BCUT2D eigenvalue weighted by Crippen LogP contribution is -2.30. The van der Waals surface area contributed by atoms with Crippen LogP contribution < -0.4 is 10.2 Å². The summed E-state index contributed by atoms with van der Waals surface area (Å²) in [5.74, 6) is 0. The van der Waals surface area contributed by atoms with Crippen molar-refractivity contribution in [3.63, 3.8) is 0 Å². The van der Waals surface area contributed by atoms with Gasteiger partial charge in [0.1, 0.15) is 0 Å². The van der Waals surface area contributed by atoms with Crippen LogP contribution in [0, 0.1) is 6.92 Å². The summed E-state index contributed by atoms with van der Waals surface area (Å²) in [4.78, 5) is 2.43. The standard InChI is InChI=1S/C14H24N2/c1-6-16(11(2)3)14-8-7-13(10-15-5)9-12(14)4/h7-9,11,15H,6,10H2,1-5H3. The highest BCUT2D eigenvalue weighted by atomic mass is 15.1. The highest BCUT2D eigenvalue weighted by Gasteiger charge is 2.10. The van der Waals surface area contributed by atoms with Gasteiger partial charge in [-0.3, -0.25) is 0 Å². The van der Waals surface area contributed by atoms with Crippen molar-refractivity contribution in [3.05, 3.63) is 29.3 Å². The molecule has 0 atom stereocenters. The largest absolute Gasteiger partial charge is 0.369 e. The highest BCUT2D eigenvalue weighted by Crippen LogP contribution is 2.23. The molecule has 0 fully saturated rings. The van der Waals surface area contributed by atoms with Crippen LogP contribution in [0.1, 0.15) is 31.9 Å². The zero-order chi connectivity index (χ0) is 12.1. The molecule has 0 amide bonds. The molecular formula is C14H24N2. The quantitative estimate of drug-likeness (QED) is 0.820. The molecule has 1 aromatic rings. The molecule has 0 radical (unpaired) electrons. The lowest BCUT2D eigenvalue weighted by molar-refractivity contribution is 0.701. The van der Waals surface area contributed by atoms with E-state index in [1.165, 1.54) is 16.8 Å². The Hall–Kier alpha value is -1.02. The van der Waals surface area contributed by atoms with Gasteiger partial charge in [0.15, 0.2) is 0 Å². The average molecular weight is 220 g/mol. The van der Waals surface area contributed by atoms with Crippen molar-refractivity contribution in [2.24, 2.45) is 0 Å². The number of hydrogen-bond acceptors (Lipinski definition) is 2. The number of rotatable bonds is 5. The van der Waals surface area contributed by atoms with E-state index in [1.807, 2.05) is 7.05 Å². The third kappa shape index (κ3) is 2.99. The number of nitrogens with zero attached hydrogens (tertiary/aromatic N) is 1. The molecule has 2 heteroatoms. The van der Waals surface area contributed by atoms with Crippen molar-refractivity contribution >= 4 is 5.69 Å². The highest BCUT2D eigenvalue weighted by molar-refractivity contribution is 5.55. The molecule has 0 aliphatic heterocycles. The fourth-order valence-corrected chi connectivity index (χ4v) is 2.17. The van der Waals surface area contributed by atoms with Crippen molar-refractivity contribution in [3.8, 4) is 0 Å². The topological polar surface area (TPSA) is 15.3 Å². The molecule has 90 valence electrons. The van der Waals surface area contributed by atoms with Gasteiger partial charge in [0, 0.05) is 24.8 Å². The maximum atomic E-state index is 3.18. The summed E-state index contributed by atoms with van der Waals surface area (Å²) in [6.07, 6.45) is 0. The van der Waals surface area contributed by atoms with E-state index < -0.39 is 0 Å². The molecule has 0 spiro atoms. The predicted octanol–water partition coefficient (Wildman–Crippen LogP) is 2.95. The zero-order valence-electron chi connectivity index (χ0n) is 11.2. The van der Waals surface area contributed by atoms with Gasteiger partial charge in [0.25, 0.3) is 0 Å². The summed E-state index contributed by atoms with van der Waals surface area (Å²) in [6, 6.07) is 7.28. The van der Waals surface area contributed by atoms with Crippen LogP contribution >= 0.6 is 0 Å². The Morgan fingerprint density at radius 2 is 2.00 bits per heavy atom. The van der Waals surface area contributed by atoms with Crippen molar-refractivity contribution < 1.29 is 0 Å². The van der Waals surface area contributed by atoms with Gasteiger partial charge in [-0.1, -0.05) is 12.1 Å². The lowest BCUT2D eigenvalue weighted by Gasteiger charge is -2.29. The Morgan fingerprint density at radius 3 is 2.44 bits per heavy atom. The van der Waals surface area contributed by atoms with E-state index in [2.05, 4.69) is 56.1 Å². The second kappa shape index (κ2) is 5.90. The van der Waals surface area contributed by atoms with Crippen LogP contribution in [-0.2, 0) is 6.54 Å². The van der Waals surface area contributed by atoms with Crippen molar-refractivity contribution in [1.29, 1.82) is 0 Å². The smallest absolute Gasteiger partial charge is 0.0398 e. The summed E-state index contributed by atoms with van der Waals surface area (Å²) in [7, 11) is 1.98. The number of anilines is 1. The van der Waals surface area contributed by atoms with Gasteiger partial charge in [-0.15, -0.1) is 0 Å². The second-order valence-electron chi connectivity index (χ2n) is 4.53. The van der Waals surface area contributed by atoms with E-state index >= 15 is 0 Å². The third-order valence-corrected chi connectivity index (χ3v) is 2.92. The van der Waals surface area contributed by atoms with Crippen LogP contribution in [0.25, 0.3) is 0 Å². The molecular weight excluding hydrogens is 196 g/mol. The predicted molar refractivity (Wildman–Crippen MR) is 72.1 cm³/mol. The van der Waals surface area contributed by atoms with Crippen LogP contribution in [0.2, 0.25) is 0 Å². The molecule has 0 aromatic heterocycles. The Kier molecular flexibility index (Phi) is 4.81. The molecule has 0 aliphatic carbocycles. The van der Waals surface area contributed by atoms with Gasteiger partial charge in [-0.2, -0.15) is 0 Å². The number of hydrogen-bond donors (Lipinski definition) is 1. The monoisotopic (exact) mass is 220 g/mol. The Balaban J connectivity index is 2.97. The molecule has 0 saturated heterocycles. The van der Waals surface area contributed by atoms with E-state index in [0.717, 1.165) is 13.1 Å². The summed E-state index contributed by atoms with van der Waals surface area (Å²) in [5, 5.41) is 3.18. The minimum atomic E-state index is 0.554. The molecule has 0 bridgehead atoms. The fraction of sp³-hybridized carbons (Fsp3) is 0.571. The van der Waals surface area contributed by atoms with Gasteiger partial charge >= 0.3 is 0 Å². The molecule has 1 aromatic carbocycles. The molecule has 16 heavy (non-hydrogen) atoms. The van der Waals surface area contributed by atoms with E-state index in [-0.39, 0.29) is 0 Å². The van der Waals surface area contributed by atoms with Crippen LogP contribution in [0.15, 0.2) is 18.2 Å². The van der Waals surface area contributed by atoms with E-state index in [4.69, 9.17) is 0 Å². The van der Waals surface area contributed by atoms with Crippen molar-refractivity contribution in [2.75, 3.05) is 18.5 Å². The van der Waals surface area contributed by atoms with E-state index in [9.17, 15) is 0 Å². The summed E-state index contributed by atoms with van der Waals surface area (Å²) < 4.78 is 0. The summed E-state index contributed by atoms with van der Waals surface area (Å²) in [6.45, 7) is 10.9. The van der Waals surface area contributed by atoms with Crippen LogP contribution in [0.3, 0.4) is 0 Å². The van der Waals surface area contributed by atoms with Crippen molar-refractivity contribution in [2.45, 2.75) is 40.3 Å². The molecule has 0 heterocycles. The normalized spacial score (nSPS) is 10.9. The molecule has 1 N–H and O–H groups in total. The maximum absolute atomic E-state index is 3.18. The molecule has 2 nitrogen and oxygen atoms in total. The van der Waals surface area contributed by atoms with Gasteiger partial charge in [0.2, 0.25) is 0 Å². The second-order valence-corrected chi connectivity index (χ2v) is 4.53. The SMILES string of the molecule is CCN(c1ccc(CNC)cc1C)C(C)C. The summed E-state index contributed by atoms with van der Waals surface area (Å²) >= 11 is 0. The summed E-state index contributed by atoms with van der Waals surface area (Å²) in [5.41, 5.74) is 4.07. The lowest BCUT2D eigenvalue weighted by atomic mass is 10.1. The van der Waals surface area contributed by atoms with Crippen LogP contribution in [0.5, 0.6) is 0 Å². The average Bonchev–Trinajstić information content (AvgIpc) is 2.22. The fourth-order valence-electron chi connectivity index (χ4n) is 2.17. The van der Waals surface area contributed by atoms with Gasteiger partial charge in [-0.05, 0) is 51.9 Å². The minimum Gasteiger partial charge on any atom is -0.369 e. The molecule has 0 unspecified atom stereocenters. The van der Waals surface area contributed by atoms with Crippen LogP contribution in [-0.4, -0.2) is 19.6 Å². The molecule has 0 aliphatic rings. The number of benzene rings is 1. The van der Waals surface area contributed by atoms with Gasteiger partial charge in [-0.25, -0.2) is 0 Å². The first-order chi connectivity index (χ1) is 7.60. The Bertz CT molecular complexity index is 332. The number of aryl methyl sites for hydroxylation is 1. The van der Waals surface area contributed by atoms with Gasteiger partial charge < -0.3 is 10.2 Å². The van der Waals surface area contributed by atoms with E-state index in [1.54, 1.807) is 0 Å². The number of nitrogens with one attached hydrogen (secondary N) is 1. The third-order valence-electron chi connectivity index (χ3n) is 2.92. The van der Waals surface area contributed by atoms with Gasteiger partial charge in [0.05, 0.1) is 0 Å². The molecule has 0 saturated carbocycles. The van der Waals surface area contributed by atoms with Crippen LogP contribution in [0.4, 0.5) is 5.69 Å². The molecule has 1 rings (SSSR count). The first-order valence-corrected chi connectivity index (χ1v) is 6.10. The Labute approximate surface area is 99.7 Å².